The maximum atomic E-state index is 11.5. The maximum absolute atomic E-state index is 11.5. The summed E-state index contributed by atoms with van der Waals surface area (Å²) in [5, 5.41) is 8.68. The van der Waals surface area contributed by atoms with Crippen molar-refractivity contribution in [2.24, 2.45) is 10.6 Å². The van der Waals surface area contributed by atoms with Crippen molar-refractivity contribution in [1.82, 2.24) is 0 Å². The smallest absolute Gasteiger partial charge is 0.238 e. The second-order valence-electron chi connectivity index (χ2n) is 6.10. The van der Waals surface area contributed by atoms with Crippen LogP contribution in [-0.2, 0) is 10.0 Å². The monoisotopic (exact) mass is 282 g/mol. The molecule has 0 amide bonds. The highest BCUT2D eigenvalue weighted by molar-refractivity contribution is 7.89. The van der Waals surface area contributed by atoms with Gasteiger partial charge in [0.15, 0.2) is 0 Å². The molecule has 0 heterocycles. The Kier molecular flexibility index (Phi) is 3.62. The third-order valence-corrected chi connectivity index (χ3v) is 5.15. The number of sulfonamides is 1. The van der Waals surface area contributed by atoms with Gasteiger partial charge >= 0.3 is 0 Å². The molecule has 1 aromatic rings. The van der Waals surface area contributed by atoms with Crippen LogP contribution in [0, 0.1) is 12.3 Å². The zero-order valence-corrected chi connectivity index (χ0v) is 12.5. The van der Waals surface area contributed by atoms with Gasteiger partial charge in [-0.2, -0.15) is 0 Å². The molecule has 1 aliphatic carbocycles. The predicted molar refractivity (Wildman–Crippen MR) is 77.6 cm³/mol. The molecule has 106 valence electrons. The van der Waals surface area contributed by atoms with Gasteiger partial charge in [0.2, 0.25) is 10.0 Å². The Morgan fingerprint density at radius 1 is 1.37 bits per heavy atom. The van der Waals surface area contributed by atoms with Crippen molar-refractivity contribution in [3.8, 4) is 0 Å². The molecule has 1 aliphatic rings. The van der Waals surface area contributed by atoms with Crippen molar-refractivity contribution in [1.29, 1.82) is 0 Å². The summed E-state index contributed by atoms with van der Waals surface area (Å²) in [6.45, 7) is 6.24. The highest BCUT2D eigenvalue weighted by Crippen LogP contribution is 2.39. The van der Waals surface area contributed by atoms with Gasteiger partial charge in [0, 0.05) is 11.7 Å². The summed E-state index contributed by atoms with van der Waals surface area (Å²) in [5.74, 6) is 0. The van der Waals surface area contributed by atoms with Gasteiger partial charge in [-0.3, -0.25) is 0 Å². The Morgan fingerprint density at radius 2 is 2.05 bits per heavy atom. The minimum absolute atomic E-state index is 0.202. The first-order valence-electron chi connectivity index (χ1n) is 6.60. The van der Waals surface area contributed by atoms with Crippen LogP contribution in [0.1, 0.15) is 38.7 Å². The molecule has 1 aromatic carbocycles. The minimum atomic E-state index is -3.66. The van der Waals surface area contributed by atoms with Gasteiger partial charge in [0.1, 0.15) is 0 Å². The van der Waals surface area contributed by atoms with E-state index in [1.54, 1.807) is 19.1 Å². The Bertz CT molecular complexity index is 579. The molecular weight excluding hydrogens is 260 g/mol. The molecule has 0 aromatic heterocycles. The number of hydrogen-bond donors (Lipinski definition) is 2. The van der Waals surface area contributed by atoms with Crippen LogP contribution in [0.15, 0.2) is 23.1 Å². The van der Waals surface area contributed by atoms with Crippen LogP contribution in [0.2, 0.25) is 0 Å². The lowest BCUT2D eigenvalue weighted by Gasteiger charge is -2.29. The summed E-state index contributed by atoms with van der Waals surface area (Å²) < 4.78 is 23.0. The normalized spacial score (nSPS) is 22.4. The molecule has 1 atom stereocenters. The first-order chi connectivity index (χ1) is 8.70. The van der Waals surface area contributed by atoms with Gasteiger partial charge in [0.25, 0.3) is 0 Å². The highest BCUT2D eigenvalue weighted by Gasteiger charge is 2.34. The average Bonchev–Trinajstić information content (AvgIpc) is 2.59. The Labute approximate surface area is 115 Å². The molecule has 0 aliphatic heterocycles. The zero-order chi connectivity index (χ0) is 14.3. The summed E-state index contributed by atoms with van der Waals surface area (Å²) in [4.78, 5) is 0.202. The molecule has 4 nitrogen and oxygen atoms in total. The quantitative estimate of drug-likeness (QED) is 0.895. The van der Waals surface area contributed by atoms with Crippen molar-refractivity contribution >= 4 is 15.7 Å². The van der Waals surface area contributed by atoms with E-state index in [1.807, 2.05) is 6.07 Å². The van der Waals surface area contributed by atoms with Crippen LogP contribution in [0.4, 0.5) is 5.69 Å². The summed E-state index contributed by atoms with van der Waals surface area (Å²) in [5.41, 5.74) is 1.75. The van der Waals surface area contributed by atoms with Crippen LogP contribution in [0.25, 0.3) is 0 Å². The molecule has 0 bridgehead atoms. The van der Waals surface area contributed by atoms with Crippen molar-refractivity contribution in [2.45, 2.75) is 51.0 Å². The van der Waals surface area contributed by atoms with E-state index in [0.717, 1.165) is 12.1 Å². The van der Waals surface area contributed by atoms with Crippen molar-refractivity contribution in [3.05, 3.63) is 23.8 Å². The van der Waals surface area contributed by atoms with E-state index in [0.29, 0.717) is 11.6 Å². The molecule has 1 fully saturated rings. The molecule has 0 saturated heterocycles. The molecule has 0 radical (unpaired) electrons. The average molecular weight is 282 g/mol. The van der Waals surface area contributed by atoms with Gasteiger partial charge in [0.05, 0.1) is 4.90 Å². The fraction of sp³-hybridized carbons (Fsp3) is 0.571. The number of aryl methyl sites for hydroxylation is 1. The molecule has 19 heavy (non-hydrogen) atoms. The lowest BCUT2D eigenvalue weighted by molar-refractivity contribution is 0.350. The predicted octanol–water partition coefficient (Wildman–Crippen LogP) is 2.63. The largest absolute Gasteiger partial charge is 0.382 e. The first kappa shape index (κ1) is 14.3. The summed E-state index contributed by atoms with van der Waals surface area (Å²) >= 11 is 0. The van der Waals surface area contributed by atoms with Gasteiger partial charge < -0.3 is 5.32 Å². The third kappa shape index (κ3) is 3.09. The summed E-state index contributed by atoms with van der Waals surface area (Å²) in [7, 11) is -3.66. The van der Waals surface area contributed by atoms with E-state index in [2.05, 4.69) is 19.2 Å². The number of hydrogen-bond acceptors (Lipinski definition) is 3. The zero-order valence-electron chi connectivity index (χ0n) is 11.7. The first-order valence-corrected chi connectivity index (χ1v) is 8.15. The minimum Gasteiger partial charge on any atom is -0.382 e. The molecule has 2 rings (SSSR count). The van der Waals surface area contributed by atoms with Crippen LogP contribution in [0.3, 0.4) is 0 Å². The van der Waals surface area contributed by atoms with Crippen LogP contribution in [0.5, 0.6) is 0 Å². The summed E-state index contributed by atoms with van der Waals surface area (Å²) in [6.07, 6.45) is 3.52. The van der Waals surface area contributed by atoms with Crippen molar-refractivity contribution in [3.63, 3.8) is 0 Å². The molecule has 5 heteroatoms. The molecular formula is C14H22N2O2S. The fourth-order valence-electron chi connectivity index (χ4n) is 2.79. The second-order valence-corrected chi connectivity index (χ2v) is 7.63. The fourth-order valence-corrected chi connectivity index (χ4v) is 3.60. The number of anilines is 1. The Hall–Kier alpha value is -1.07. The van der Waals surface area contributed by atoms with Crippen LogP contribution in [-0.4, -0.2) is 14.5 Å². The second kappa shape index (κ2) is 4.80. The Morgan fingerprint density at radius 3 is 2.58 bits per heavy atom. The maximum Gasteiger partial charge on any atom is 0.238 e. The number of rotatable bonds is 3. The number of nitrogens with two attached hydrogens (primary N) is 1. The standard InChI is InChI=1S/C14H22N2O2S/c1-10-6-7-11(9-12(10)19(15,17)18)16-13-5-4-8-14(13,2)3/h6-7,9,13,16H,4-5,8H2,1-3H3,(H2,15,17,18). The lowest BCUT2D eigenvalue weighted by Crippen LogP contribution is -2.30. The van der Waals surface area contributed by atoms with E-state index in [9.17, 15) is 8.42 Å². The van der Waals surface area contributed by atoms with E-state index >= 15 is 0 Å². The third-order valence-electron chi connectivity index (χ3n) is 4.09. The number of primary sulfonamides is 1. The van der Waals surface area contributed by atoms with E-state index in [1.165, 1.54) is 12.8 Å². The van der Waals surface area contributed by atoms with E-state index < -0.39 is 10.0 Å². The Balaban J connectivity index is 2.28. The van der Waals surface area contributed by atoms with E-state index in [-0.39, 0.29) is 10.3 Å². The molecule has 1 unspecified atom stereocenters. The molecule has 3 N–H and O–H groups in total. The van der Waals surface area contributed by atoms with Gasteiger partial charge in [-0.15, -0.1) is 0 Å². The number of nitrogens with one attached hydrogen (secondary N) is 1. The lowest BCUT2D eigenvalue weighted by atomic mass is 9.87. The number of benzene rings is 1. The van der Waals surface area contributed by atoms with Crippen molar-refractivity contribution in [2.75, 3.05) is 5.32 Å². The van der Waals surface area contributed by atoms with Crippen LogP contribution < -0.4 is 10.5 Å². The van der Waals surface area contributed by atoms with Crippen molar-refractivity contribution < 1.29 is 8.42 Å². The van der Waals surface area contributed by atoms with E-state index in [4.69, 9.17) is 5.14 Å². The van der Waals surface area contributed by atoms with Gasteiger partial charge in [-0.25, -0.2) is 13.6 Å². The van der Waals surface area contributed by atoms with Crippen LogP contribution >= 0.6 is 0 Å². The molecule has 1 saturated carbocycles. The SMILES string of the molecule is Cc1ccc(NC2CCCC2(C)C)cc1S(N)(=O)=O. The topological polar surface area (TPSA) is 72.2 Å². The van der Waals surface area contributed by atoms with Gasteiger partial charge in [-0.05, 0) is 42.9 Å². The van der Waals surface area contributed by atoms with Gasteiger partial charge in [-0.1, -0.05) is 26.3 Å². The molecule has 0 spiro atoms. The highest BCUT2D eigenvalue weighted by atomic mass is 32.2. The summed E-state index contributed by atoms with van der Waals surface area (Å²) in [6, 6.07) is 5.73.